The summed E-state index contributed by atoms with van der Waals surface area (Å²) in [5, 5.41) is 0. The maximum atomic E-state index is 10.8. The van der Waals surface area contributed by atoms with Gasteiger partial charge >= 0.3 is 5.97 Å². The van der Waals surface area contributed by atoms with Crippen LogP contribution in [0.1, 0.15) is 40.0 Å². The lowest BCUT2D eigenvalue weighted by molar-refractivity contribution is -0.143. The van der Waals surface area contributed by atoms with Gasteiger partial charge in [-0.25, -0.2) is 0 Å². The molecule has 1 atom stereocenters. The molecular formula is C13H22O2. The molecule has 0 rings (SSSR count). The monoisotopic (exact) mass is 210 g/mol. The Balaban J connectivity index is 3.75. The van der Waals surface area contributed by atoms with Crippen LogP contribution in [0.2, 0.25) is 0 Å². The fourth-order valence-corrected chi connectivity index (χ4v) is 1.20. The van der Waals surface area contributed by atoms with Gasteiger partial charge in [0.25, 0.3) is 0 Å². The highest BCUT2D eigenvalue weighted by molar-refractivity contribution is 5.68. The molecule has 0 spiro atoms. The molecular weight excluding hydrogens is 188 g/mol. The molecule has 0 amide bonds. The molecule has 2 heteroatoms. The Hall–Kier alpha value is -1.05. The standard InChI is InChI=1S/C13H22O2/c1-5-8-11(3)12(4)9-7-10-15-13(14)6-2/h5,9,11H,1,6-8,10H2,2-4H3/b12-9+. The average molecular weight is 210 g/mol. The number of carbonyl (C=O) groups excluding carboxylic acids is 1. The van der Waals surface area contributed by atoms with Crippen molar-refractivity contribution in [3.8, 4) is 0 Å². The second-order valence-electron chi connectivity index (χ2n) is 3.74. The van der Waals surface area contributed by atoms with E-state index >= 15 is 0 Å². The van der Waals surface area contributed by atoms with Crippen molar-refractivity contribution in [2.75, 3.05) is 6.61 Å². The summed E-state index contributed by atoms with van der Waals surface area (Å²) in [6.07, 6.45) is 6.32. The maximum Gasteiger partial charge on any atom is 0.305 e. The molecule has 0 aliphatic rings. The first-order valence-corrected chi connectivity index (χ1v) is 5.55. The fraction of sp³-hybridized carbons (Fsp3) is 0.615. The predicted molar refractivity (Wildman–Crippen MR) is 63.6 cm³/mol. The van der Waals surface area contributed by atoms with Crippen LogP contribution in [0, 0.1) is 5.92 Å². The molecule has 0 aromatic heterocycles. The molecule has 0 fully saturated rings. The van der Waals surface area contributed by atoms with Gasteiger partial charge in [-0.2, -0.15) is 0 Å². The number of esters is 1. The third-order valence-corrected chi connectivity index (χ3v) is 2.43. The highest BCUT2D eigenvalue weighted by Gasteiger charge is 2.01. The summed E-state index contributed by atoms with van der Waals surface area (Å²) < 4.78 is 4.98. The van der Waals surface area contributed by atoms with Crippen LogP contribution >= 0.6 is 0 Å². The van der Waals surface area contributed by atoms with Gasteiger partial charge < -0.3 is 4.74 Å². The van der Waals surface area contributed by atoms with Crippen LogP contribution in [0.4, 0.5) is 0 Å². The van der Waals surface area contributed by atoms with E-state index in [-0.39, 0.29) is 5.97 Å². The summed E-state index contributed by atoms with van der Waals surface area (Å²) >= 11 is 0. The largest absolute Gasteiger partial charge is 0.465 e. The molecule has 0 bridgehead atoms. The molecule has 2 nitrogen and oxygen atoms in total. The van der Waals surface area contributed by atoms with Gasteiger partial charge in [0.15, 0.2) is 0 Å². The molecule has 1 unspecified atom stereocenters. The van der Waals surface area contributed by atoms with Crippen LogP contribution in [0.25, 0.3) is 0 Å². The number of rotatable bonds is 7. The van der Waals surface area contributed by atoms with Gasteiger partial charge in [0.05, 0.1) is 6.61 Å². The molecule has 0 N–H and O–H groups in total. The zero-order chi connectivity index (χ0) is 11.7. The van der Waals surface area contributed by atoms with Crippen molar-refractivity contribution in [1.29, 1.82) is 0 Å². The Labute approximate surface area is 93.0 Å². The van der Waals surface area contributed by atoms with E-state index in [0.717, 1.165) is 12.8 Å². The summed E-state index contributed by atoms with van der Waals surface area (Å²) in [6, 6.07) is 0. The van der Waals surface area contributed by atoms with E-state index in [0.29, 0.717) is 18.9 Å². The highest BCUT2D eigenvalue weighted by Crippen LogP contribution is 2.14. The molecule has 0 aliphatic heterocycles. The van der Waals surface area contributed by atoms with Gasteiger partial charge in [0, 0.05) is 6.42 Å². The lowest BCUT2D eigenvalue weighted by Crippen LogP contribution is -2.03. The third kappa shape index (κ3) is 6.95. The van der Waals surface area contributed by atoms with E-state index in [1.165, 1.54) is 5.57 Å². The van der Waals surface area contributed by atoms with E-state index in [2.05, 4.69) is 26.5 Å². The van der Waals surface area contributed by atoms with Crippen LogP contribution in [-0.2, 0) is 9.53 Å². The lowest BCUT2D eigenvalue weighted by atomic mass is 9.98. The predicted octanol–water partition coefficient (Wildman–Crippen LogP) is 3.49. The Morgan fingerprint density at radius 2 is 2.20 bits per heavy atom. The van der Waals surface area contributed by atoms with Crippen molar-refractivity contribution < 1.29 is 9.53 Å². The summed E-state index contributed by atoms with van der Waals surface area (Å²) in [5.41, 5.74) is 1.34. The SMILES string of the molecule is C=CCC(C)/C(C)=C/CCOC(=O)CC. The van der Waals surface area contributed by atoms with Crippen LogP contribution < -0.4 is 0 Å². The molecule has 0 radical (unpaired) electrons. The topological polar surface area (TPSA) is 26.3 Å². The fourth-order valence-electron chi connectivity index (χ4n) is 1.20. The van der Waals surface area contributed by atoms with E-state index < -0.39 is 0 Å². The van der Waals surface area contributed by atoms with Crippen molar-refractivity contribution in [2.45, 2.75) is 40.0 Å². The van der Waals surface area contributed by atoms with E-state index in [4.69, 9.17) is 4.74 Å². The summed E-state index contributed by atoms with van der Waals surface area (Å²) in [5.74, 6) is 0.407. The molecule has 0 aromatic carbocycles. The zero-order valence-corrected chi connectivity index (χ0v) is 10.1. The third-order valence-electron chi connectivity index (χ3n) is 2.43. The average Bonchev–Trinajstić information content (AvgIpc) is 2.23. The molecule has 0 saturated carbocycles. The quantitative estimate of drug-likeness (QED) is 0.365. The smallest absolute Gasteiger partial charge is 0.305 e. The van der Waals surface area contributed by atoms with Gasteiger partial charge in [-0.15, -0.1) is 6.58 Å². The van der Waals surface area contributed by atoms with Gasteiger partial charge in [-0.3, -0.25) is 4.79 Å². The van der Waals surface area contributed by atoms with Crippen molar-refractivity contribution in [3.05, 3.63) is 24.3 Å². The van der Waals surface area contributed by atoms with Gasteiger partial charge in [0.2, 0.25) is 0 Å². The van der Waals surface area contributed by atoms with Crippen molar-refractivity contribution in [1.82, 2.24) is 0 Å². The molecule has 0 aliphatic carbocycles. The first-order chi connectivity index (χ1) is 7.11. The minimum absolute atomic E-state index is 0.125. The Morgan fingerprint density at radius 1 is 1.53 bits per heavy atom. The Kier molecular flexibility index (Phi) is 7.69. The number of hydrogen-bond acceptors (Lipinski definition) is 2. The lowest BCUT2D eigenvalue weighted by Gasteiger charge is -2.09. The van der Waals surface area contributed by atoms with Gasteiger partial charge in [-0.1, -0.05) is 31.6 Å². The summed E-state index contributed by atoms with van der Waals surface area (Å²) in [6.45, 7) is 10.3. The second kappa shape index (κ2) is 8.27. The number of allylic oxidation sites excluding steroid dienone is 2. The van der Waals surface area contributed by atoms with Crippen LogP contribution in [-0.4, -0.2) is 12.6 Å². The Bertz CT molecular complexity index is 229. The second-order valence-corrected chi connectivity index (χ2v) is 3.74. The minimum atomic E-state index is -0.125. The minimum Gasteiger partial charge on any atom is -0.465 e. The highest BCUT2D eigenvalue weighted by atomic mass is 16.5. The normalized spacial score (nSPS) is 13.4. The molecule has 0 aromatic rings. The molecule has 15 heavy (non-hydrogen) atoms. The number of hydrogen-bond donors (Lipinski definition) is 0. The van der Waals surface area contributed by atoms with Crippen molar-refractivity contribution >= 4 is 5.97 Å². The Morgan fingerprint density at radius 3 is 2.73 bits per heavy atom. The number of ether oxygens (including phenoxy) is 1. The van der Waals surface area contributed by atoms with Crippen molar-refractivity contribution in [2.24, 2.45) is 5.92 Å². The van der Waals surface area contributed by atoms with E-state index in [9.17, 15) is 4.79 Å². The summed E-state index contributed by atoms with van der Waals surface area (Å²) in [4.78, 5) is 10.8. The van der Waals surface area contributed by atoms with E-state index in [1.54, 1.807) is 6.92 Å². The molecule has 0 heterocycles. The van der Waals surface area contributed by atoms with E-state index in [1.807, 2.05) is 6.08 Å². The van der Waals surface area contributed by atoms with Crippen LogP contribution in [0.3, 0.4) is 0 Å². The maximum absolute atomic E-state index is 10.8. The number of carbonyl (C=O) groups is 1. The van der Waals surface area contributed by atoms with Crippen LogP contribution in [0.5, 0.6) is 0 Å². The first-order valence-electron chi connectivity index (χ1n) is 5.55. The zero-order valence-electron chi connectivity index (χ0n) is 10.1. The van der Waals surface area contributed by atoms with Crippen molar-refractivity contribution in [3.63, 3.8) is 0 Å². The van der Waals surface area contributed by atoms with Gasteiger partial charge in [0.1, 0.15) is 0 Å². The van der Waals surface area contributed by atoms with Crippen LogP contribution in [0.15, 0.2) is 24.3 Å². The van der Waals surface area contributed by atoms with Gasteiger partial charge in [-0.05, 0) is 25.7 Å². The first kappa shape index (κ1) is 13.9. The summed E-state index contributed by atoms with van der Waals surface area (Å²) in [7, 11) is 0. The molecule has 86 valence electrons. The molecule has 0 saturated heterocycles.